The van der Waals surface area contributed by atoms with Crippen molar-refractivity contribution >= 4 is 5.91 Å². The molecule has 0 bridgehead atoms. The molecule has 5 heteroatoms. The number of amides is 1. The number of rotatable bonds is 7. The first-order valence-corrected chi connectivity index (χ1v) is 9.67. The van der Waals surface area contributed by atoms with E-state index in [1.54, 1.807) is 10.9 Å². The highest BCUT2D eigenvalue weighted by molar-refractivity contribution is 5.80. The lowest BCUT2D eigenvalue weighted by Gasteiger charge is -2.33. The molecule has 1 aromatic carbocycles. The molecule has 0 aliphatic carbocycles. The van der Waals surface area contributed by atoms with Crippen LogP contribution < -0.4 is 4.74 Å². The molecule has 1 saturated heterocycles. The second-order valence-corrected chi connectivity index (χ2v) is 7.05. The molecule has 1 atom stereocenters. The van der Waals surface area contributed by atoms with E-state index in [1.807, 2.05) is 31.0 Å². The van der Waals surface area contributed by atoms with Crippen LogP contribution in [0.1, 0.15) is 44.7 Å². The summed E-state index contributed by atoms with van der Waals surface area (Å²) < 4.78 is 7.23. The molecule has 2 aromatic rings. The van der Waals surface area contributed by atoms with Crippen molar-refractivity contribution in [2.45, 2.75) is 45.6 Å². The van der Waals surface area contributed by atoms with E-state index < -0.39 is 0 Å². The zero-order valence-electron chi connectivity index (χ0n) is 15.8. The van der Waals surface area contributed by atoms with Gasteiger partial charge in [0.1, 0.15) is 11.8 Å². The van der Waals surface area contributed by atoms with Gasteiger partial charge in [-0.2, -0.15) is 5.10 Å². The van der Waals surface area contributed by atoms with Crippen LogP contribution in [0.4, 0.5) is 0 Å². The smallest absolute Gasteiger partial charge is 0.247 e. The third-order valence-electron chi connectivity index (χ3n) is 5.28. The Morgan fingerprint density at radius 1 is 1.27 bits per heavy atom. The fourth-order valence-electron chi connectivity index (χ4n) is 3.62. The Kier molecular flexibility index (Phi) is 6.31. The summed E-state index contributed by atoms with van der Waals surface area (Å²) in [6, 6.07) is 10.1. The summed E-state index contributed by atoms with van der Waals surface area (Å²) in [5, 5.41) is 4.19. The molecule has 1 unspecified atom stereocenters. The zero-order valence-corrected chi connectivity index (χ0v) is 15.8. The van der Waals surface area contributed by atoms with E-state index in [9.17, 15) is 4.79 Å². The van der Waals surface area contributed by atoms with Gasteiger partial charge in [-0.1, -0.05) is 12.1 Å². The van der Waals surface area contributed by atoms with Crippen molar-refractivity contribution in [3.8, 4) is 5.75 Å². The van der Waals surface area contributed by atoms with Crippen molar-refractivity contribution in [2.75, 3.05) is 19.7 Å². The molecule has 1 aromatic heterocycles. The molecule has 1 amide bonds. The molecule has 5 nitrogen and oxygen atoms in total. The molecular weight excluding hydrogens is 326 g/mol. The van der Waals surface area contributed by atoms with Crippen molar-refractivity contribution < 1.29 is 9.53 Å². The van der Waals surface area contributed by atoms with Gasteiger partial charge in [0, 0.05) is 25.5 Å². The van der Waals surface area contributed by atoms with Crippen molar-refractivity contribution in [3.63, 3.8) is 0 Å². The van der Waals surface area contributed by atoms with E-state index in [2.05, 4.69) is 29.4 Å². The number of aromatic nitrogens is 2. The van der Waals surface area contributed by atoms with Gasteiger partial charge in [0.2, 0.25) is 5.91 Å². The Hall–Kier alpha value is -2.30. The van der Waals surface area contributed by atoms with Gasteiger partial charge in [-0.15, -0.1) is 0 Å². The molecule has 0 spiro atoms. The molecule has 1 aliphatic rings. The maximum Gasteiger partial charge on any atom is 0.247 e. The van der Waals surface area contributed by atoms with Crippen LogP contribution in [0.5, 0.6) is 5.75 Å². The first-order valence-electron chi connectivity index (χ1n) is 9.67. The number of piperidine rings is 1. The lowest BCUT2D eigenvalue weighted by Crippen LogP contribution is -2.42. The Bertz CT molecular complexity index is 674. The second-order valence-electron chi connectivity index (χ2n) is 7.05. The molecule has 0 saturated carbocycles. The van der Waals surface area contributed by atoms with E-state index in [1.165, 1.54) is 12.0 Å². The van der Waals surface area contributed by atoms with Crippen LogP contribution in [0, 0.1) is 5.92 Å². The van der Waals surface area contributed by atoms with Crippen LogP contribution in [0.3, 0.4) is 0 Å². The molecular formula is C21H29N3O2. The minimum Gasteiger partial charge on any atom is -0.494 e. The molecule has 2 heterocycles. The first kappa shape index (κ1) is 18.5. The highest BCUT2D eigenvalue weighted by atomic mass is 16.5. The average Bonchev–Trinajstić information content (AvgIpc) is 3.22. The van der Waals surface area contributed by atoms with Crippen LogP contribution in [-0.4, -0.2) is 40.3 Å². The van der Waals surface area contributed by atoms with Gasteiger partial charge >= 0.3 is 0 Å². The van der Waals surface area contributed by atoms with Crippen LogP contribution in [0.15, 0.2) is 42.7 Å². The minimum atomic E-state index is -0.217. The fraction of sp³-hybridized carbons (Fsp3) is 0.524. The number of hydrogen-bond donors (Lipinski definition) is 0. The highest BCUT2D eigenvalue weighted by Crippen LogP contribution is 2.24. The lowest BCUT2D eigenvalue weighted by molar-refractivity contribution is -0.136. The van der Waals surface area contributed by atoms with E-state index >= 15 is 0 Å². The fourth-order valence-corrected chi connectivity index (χ4v) is 3.62. The van der Waals surface area contributed by atoms with Crippen LogP contribution in [0.2, 0.25) is 0 Å². The van der Waals surface area contributed by atoms with Gasteiger partial charge < -0.3 is 9.64 Å². The first-order chi connectivity index (χ1) is 12.7. The summed E-state index contributed by atoms with van der Waals surface area (Å²) in [5.74, 6) is 1.82. The Balaban J connectivity index is 1.43. The van der Waals surface area contributed by atoms with Gasteiger partial charge in [-0.3, -0.25) is 9.48 Å². The predicted molar refractivity (Wildman–Crippen MR) is 102 cm³/mol. The van der Waals surface area contributed by atoms with Crippen LogP contribution in [0.25, 0.3) is 0 Å². The Morgan fingerprint density at radius 2 is 2.00 bits per heavy atom. The minimum absolute atomic E-state index is 0.179. The summed E-state index contributed by atoms with van der Waals surface area (Å²) in [4.78, 5) is 14.6. The maximum absolute atomic E-state index is 12.6. The predicted octanol–water partition coefficient (Wildman–Crippen LogP) is 3.71. The lowest BCUT2D eigenvalue weighted by atomic mass is 9.90. The summed E-state index contributed by atoms with van der Waals surface area (Å²) in [7, 11) is 0. The quantitative estimate of drug-likeness (QED) is 0.760. The largest absolute Gasteiger partial charge is 0.494 e. The van der Waals surface area contributed by atoms with Gasteiger partial charge in [-0.05, 0) is 69.2 Å². The van der Waals surface area contributed by atoms with E-state index in [-0.39, 0.29) is 11.9 Å². The zero-order chi connectivity index (χ0) is 18.4. The topological polar surface area (TPSA) is 47.4 Å². The SMILES string of the molecule is CCOc1ccc(CCC2CCN(C(=O)C(C)n3cccn3)CC2)cc1. The molecule has 140 valence electrons. The van der Waals surface area contributed by atoms with Crippen molar-refractivity contribution in [3.05, 3.63) is 48.3 Å². The number of benzene rings is 1. The molecule has 1 fully saturated rings. The van der Waals surface area contributed by atoms with Crippen molar-refractivity contribution in [2.24, 2.45) is 5.92 Å². The molecule has 1 aliphatic heterocycles. The number of aryl methyl sites for hydroxylation is 1. The van der Waals surface area contributed by atoms with E-state index in [4.69, 9.17) is 4.74 Å². The second kappa shape index (κ2) is 8.88. The molecule has 26 heavy (non-hydrogen) atoms. The van der Waals surface area contributed by atoms with Crippen molar-refractivity contribution in [1.82, 2.24) is 14.7 Å². The molecule has 0 N–H and O–H groups in total. The normalized spacial score (nSPS) is 16.5. The van der Waals surface area contributed by atoms with E-state index in [0.29, 0.717) is 12.5 Å². The number of likely N-dealkylation sites (tertiary alicyclic amines) is 1. The number of carbonyl (C=O) groups excluding carboxylic acids is 1. The molecule has 0 radical (unpaired) electrons. The van der Waals surface area contributed by atoms with Gasteiger partial charge in [0.15, 0.2) is 0 Å². The number of carbonyl (C=O) groups is 1. The van der Waals surface area contributed by atoms with Gasteiger partial charge in [0.05, 0.1) is 6.61 Å². The Labute approximate surface area is 156 Å². The van der Waals surface area contributed by atoms with Gasteiger partial charge in [0.25, 0.3) is 0 Å². The number of nitrogens with zero attached hydrogens (tertiary/aromatic N) is 3. The van der Waals surface area contributed by atoms with E-state index in [0.717, 1.165) is 38.1 Å². The summed E-state index contributed by atoms with van der Waals surface area (Å²) in [6.45, 7) is 6.35. The third-order valence-corrected chi connectivity index (χ3v) is 5.28. The number of ether oxygens (including phenoxy) is 1. The summed E-state index contributed by atoms with van der Waals surface area (Å²) in [5.41, 5.74) is 1.36. The number of hydrogen-bond acceptors (Lipinski definition) is 3. The van der Waals surface area contributed by atoms with Gasteiger partial charge in [-0.25, -0.2) is 0 Å². The summed E-state index contributed by atoms with van der Waals surface area (Å²) in [6.07, 6.45) is 8.03. The van der Waals surface area contributed by atoms with Crippen molar-refractivity contribution in [1.29, 1.82) is 0 Å². The average molecular weight is 355 g/mol. The monoisotopic (exact) mass is 355 g/mol. The van der Waals surface area contributed by atoms with Crippen LogP contribution in [-0.2, 0) is 11.2 Å². The standard InChI is InChI=1S/C21H29N3O2/c1-3-26-20-9-7-18(8-10-20)5-6-19-11-15-23(16-12-19)21(25)17(2)24-14-4-13-22-24/h4,7-10,13-14,17,19H,3,5-6,11-12,15-16H2,1-2H3. The molecule has 3 rings (SSSR count). The third kappa shape index (κ3) is 4.65. The Morgan fingerprint density at radius 3 is 2.62 bits per heavy atom. The maximum atomic E-state index is 12.6. The summed E-state index contributed by atoms with van der Waals surface area (Å²) >= 11 is 0. The highest BCUT2D eigenvalue weighted by Gasteiger charge is 2.26. The van der Waals surface area contributed by atoms with Crippen LogP contribution >= 0.6 is 0 Å².